The van der Waals surface area contributed by atoms with Gasteiger partial charge in [-0.05, 0) is 24.5 Å². The van der Waals surface area contributed by atoms with Crippen molar-refractivity contribution in [1.82, 2.24) is 25.6 Å². The third kappa shape index (κ3) is 4.27. The van der Waals surface area contributed by atoms with Gasteiger partial charge in [-0.3, -0.25) is 9.59 Å². The molecule has 1 aliphatic rings. The van der Waals surface area contributed by atoms with Crippen LogP contribution in [0.25, 0.3) is 0 Å². The van der Waals surface area contributed by atoms with E-state index in [4.69, 9.17) is 0 Å². The molecule has 0 bridgehead atoms. The van der Waals surface area contributed by atoms with E-state index in [2.05, 4.69) is 25.8 Å². The molecule has 3 rings (SSSR count). The lowest BCUT2D eigenvalue weighted by molar-refractivity contribution is 0.0861. The van der Waals surface area contributed by atoms with Crippen molar-refractivity contribution in [3.8, 4) is 0 Å². The lowest BCUT2D eigenvalue weighted by Crippen LogP contribution is -2.48. The number of benzene rings is 1. The normalized spacial score (nSPS) is 16.0. The maximum atomic E-state index is 12.4. The zero-order chi connectivity index (χ0) is 19.4. The number of rotatable bonds is 7. The molecule has 1 aromatic carbocycles. The molecule has 2 N–H and O–H groups in total. The van der Waals surface area contributed by atoms with Crippen LogP contribution in [0.1, 0.15) is 41.2 Å². The topological polar surface area (TPSA) is 92.2 Å². The zero-order valence-electron chi connectivity index (χ0n) is 16.0. The summed E-state index contributed by atoms with van der Waals surface area (Å²) >= 11 is 0. The molecule has 0 saturated heterocycles. The number of aromatic nitrogens is 3. The molecule has 144 valence electrons. The van der Waals surface area contributed by atoms with Crippen LogP contribution in [-0.2, 0) is 6.54 Å². The first kappa shape index (κ1) is 18.9. The molecule has 1 aliphatic heterocycles. The van der Waals surface area contributed by atoms with Gasteiger partial charge < -0.3 is 15.5 Å². The van der Waals surface area contributed by atoms with E-state index >= 15 is 0 Å². The van der Waals surface area contributed by atoms with E-state index in [1.165, 1.54) is 4.68 Å². The van der Waals surface area contributed by atoms with E-state index in [0.29, 0.717) is 13.1 Å². The first-order valence-corrected chi connectivity index (χ1v) is 9.26. The van der Waals surface area contributed by atoms with Crippen LogP contribution in [0.4, 0.5) is 5.69 Å². The van der Waals surface area contributed by atoms with Crippen LogP contribution in [0.15, 0.2) is 30.3 Å². The van der Waals surface area contributed by atoms with Gasteiger partial charge in [0.25, 0.3) is 11.8 Å². The molecule has 0 spiro atoms. The van der Waals surface area contributed by atoms with Crippen LogP contribution in [0.3, 0.4) is 0 Å². The standard InChI is InChI=1S/C19H26N6O2/c1-13(2)15-12-25-17(19(27)21-15)16(22-23-25)18(26)20-10-7-11-24(3)14-8-5-4-6-9-14/h4-6,8-9,13,15H,7,10-12H2,1-3H3,(H,20,26)(H,21,27)/t15-/m1/s1. The number of anilines is 1. The van der Waals surface area contributed by atoms with Gasteiger partial charge in [-0.1, -0.05) is 37.3 Å². The number of para-hydroxylation sites is 1. The zero-order valence-corrected chi connectivity index (χ0v) is 16.0. The van der Waals surface area contributed by atoms with Crippen LogP contribution in [0, 0.1) is 5.92 Å². The van der Waals surface area contributed by atoms with Gasteiger partial charge in [0, 0.05) is 25.8 Å². The van der Waals surface area contributed by atoms with Crippen LogP contribution in [0.5, 0.6) is 0 Å². The fraction of sp³-hybridized carbons (Fsp3) is 0.474. The second kappa shape index (κ2) is 8.20. The maximum Gasteiger partial charge on any atom is 0.274 e. The fourth-order valence-electron chi connectivity index (χ4n) is 3.08. The summed E-state index contributed by atoms with van der Waals surface area (Å²) in [4.78, 5) is 26.9. The lowest BCUT2D eigenvalue weighted by Gasteiger charge is -2.27. The predicted molar refractivity (Wildman–Crippen MR) is 103 cm³/mol. The number of nitrogens with zero attached hydrogens (tertiary/aromatic N) is 4. The summed E-state index contributed by atoms with van der Waals surface area (Å²) in [6.07, 6.45) is 0.780. The van der Waals surface area contributed by atoms with Crippen LogP contribution in [-0.4, -0.2) is 53.0 Å². The Kier molecular flexibility index (Phi) is 5.73. The molecule has 27 heavy (non-hydrogen) atoms. The van der Waals surface area contributed by atoms with Crippen molar-refractivity contribution in [2.75, 3.05) is 25.0 Å². The van der Waals surface area contributed by atoms with Crippen molar-refractivity contribution < 1.29 is 9.59 Å². The van der Waals surface area contributed by atoms with Crippen LogP contribution in [0.2, 0.25) is 0 Å². The van der Waals surface area contributed by atoms with Crippen molar-refractivity contribution in [2.45, 2.75) is 32.9 Å². The highest BCUT2D eigenvalue weighted by Gasteiger charge is 2.32. The summed E-state index contributed by atoms with van der Waals surface area (Å²) in [5.41, 5.74) is 1.46. The van der Waals surface area contributed by atoms with Gasteiger partial charge in [-0.15, -0.1) is 5.10 Å². The first-order valence-electron chi connectivity index (χ1n) is 9.26. The Morgan fingerprint density at radius 3 is 2.81 bits per heavy atom. The van der Waals surface area contributed by atoms with E-state index < -0.39 is 0 Å². The summed E-state index contributed by atoms with van der Waals surface area (Å²) in [5.74, 6) is -0.374. The molecule has 0 radical (unpaired) electrons. The SMILES string of the molecule is CC(C)[C@H]1Cn2nnc(C(=O)NCCCN(C)c3ccccc3)c2C(=O)N1. The Labute approximate surface area is 158 Å². The quantitative estimate of drug-likeness (QED) is 0.717. The van der Waals surface area contributed by atoms with Gasteiger partial charge in [0.15, 0.2) is 11.4 Å². The van der Waals surface area contributed by atoms with Gasteiger partial charge in [0.2, 0.25) is 0 Å². The van der Waals surface area contributed by atoms with Crippen molar-refractivity contribution in [3.63, 3.8) is 0 Å². The number of carbonyl (C=O) groups excluding carboxylic acids is 2. The number of amides is 2. The molecular formula is C19H26N6O2. The Balaban J connectivity index is 1.53. The van der Waals surface area contributed by atoms with Gasteiger partial charge >= 0.3 is 0 Å². The number of hydrogen-bond acceptors (Lipinski definition) is 5. The molecule has 0 saturated carbocycles. The number of nitrogens with one attached hydrogen (secondary N) is 2. The molecule has 2 aromatic rings. The highest BCUT2D eigenvalue weighted by atomic mass is 16.2. The Morgan fingerprint density at radius 1 is 1.37 bits per heavy atom. The molecule has 8 heteroatoms. The summed E-state index contributed by atoms with van der Waals surface area (Å²) in [6, 6.07) is 10.1. The van der Waals surface area contributed by atoms with E-state index in [1.807, 2.05) is 51.2 Å². The second-order valence-corrected chi connectivity index (χ2v) is 7.16. The van der Waals surface area contributed by atoms with Crippen LogP contribution < -0.4 is 15.5 Å². The molecule has 0 aliphatic carbocycles. The first-order chi connectivity index (χ1) is 13.0. The average Bonchev–Trinajstić information content (AvgIpc) is 3.10. The monoisotopic (exact) mass is 370 g/mol. The largest absolute Gasteiger partial charge is 0.375 e. The van der Waals surface area contributed by atoms with Gasteiger partial charge in [-0.25, -0.2) is 4.68 Å². The highest BCUT2D eigenvalue weighted by molar-refractivity contribution is 6.05. The smallest absolute Gasteiger partial charge is 0.274 e. The minimum atomic E-state index is -0.364. The second-order valence-electron chi connectivity index (χ2n) is 7.16. The summed E-state index contributed by atoms with van der Waals surface area (Å²) in [7, 11) is 2.02. The third-order valence-electron chi connectivity index (χ3n) is 4.81. The molecule has 1 aromatic heterocycles. The van der Waals surface area contributed by atoms with Crippen molar-refractivity contribution in [3.05, 3.63) is 41.7 Å². The predicted octanol–water partition coefficient (Wildman–Crippen LogP) is 1.30. The Morgan fingerprint density at radius 2 is 2.11 bits per heavy atom. The van der Waals surface area contributed by atoms with Crippen molar-refractivity contribution >= 4 is 17.5 Å². The van der Waals surface area contributed by atoms with E-state index in [0.717, 1.165) is 18.7 Å². The molecule has 1 atom stereocenters. The Bertz CT molecular complexity index is 802. The van der Waals surface area contributed by atoms with Gasteiger partial charge in [0.05, 0.1) is 12.6 Å². The fourth-order valence-corrected chi connectivity index (χ4v) is 3.08. The number of carbonyl (C=O) groups is 2. The van der Waals surface area contributed by atoms with Gasteiger partial charge in [-0.2, -0.15) is 0 Å². The third-order valence-corrected chi connectivity index (χ3v) is 4.81. The van der Waals surface area contributed by atoms with Crippen molar-refractivity contribution in [1.29, 1.82) is 0 Å². The number of hydrogen-bond donors (Lipinski definition) is 2. The molecule has 8 nitrogen and oxygen atoms in total. The average molecular weight is 370 g/mol. The van der Waals surface area contributed by atoms with Crippen molar-refractivity contribution in [2.24, 2.45) is 5.92 Å². The highest BCUT2D eigenvalue weighted by Crippen LogP contribution is 2.16. The summed E-state index contributed by atoms with van der Waals surface area (Å²) in [5, 5.41) is 13.7. The lowest BCUT2D eigenvalue weighted by atomic mass is 10.0. The molecule has 0 unspecified atom stereocenters. The number of fused-ring (bicyclic) bond motifs is 1. The summed E-state index contributed by atoms with van der Waals surface area (Å²) < 4.78 is 1.53. The molecule has 2 amide bonds. The minimum absolute atomic E-state index is 0.00358. The minimum Gasteiger partial charge on any atom is -0.375 e. The van der Waals surface area contributed by atoms with E-state index in [9.17, 15) is 9.59 Å². The van der Waals surface area contributed by atoms with Crippen LogP contribution >= 0.6 is 0 Å². The van der Waals surface area contributed by atoms with E-state index in [1.54, 1.807) is 0 Å². The summed E-state index contributed by atoms with van der Waals surface area (Å²) in [6.45, 7) is 5.90. The molecule has 0 fully saturated rings. The maximum absolute atomic E-state index is 12.4. The van der Waals surface area contributed by atoms with E-state index in [-0.39, 0.29) is 35.2 Å². The molecular weight excluding hydrogens is 344 g/mol. The van der Waals surface area contributed by atoms with Gasteiger partial charge in [0.1, 0.15) is 0 Å². The molecule has 2 heterocycles. The Hall–Kier alpha value is -2.90.